The fourth-order valence-electron chi connectivity index (χ4n) is 1.13. The van der Waals surface area contributed by atoms with Crippen LogP contribution in [0.2, 0.25) is 0 Å². The summed E-state index contributed by atoms with van der Waals surface area (Å²) in [6, 6.07) is 9.23. The Bertz CT molecular complexity index is 578. The van der Waals surface area contributed by atoms with Gasteiger partial charge in [0.1, 0.15) is 11.4 Å². The molecule has 0 aliphatic carbocycles. The fraction of sp³-hybridized carbons (Fsp3) is 0. The lowest BCUT2D eigenvalue weighted by atomic mass is 10.4. The van der Waals surface area contributed by atoms with Gasteiger partial charge < -0.3 is 0 Å². The van der Waals surface area contributed by atoms with Crippen molar-refractivity contribution in [3.05, 3.63) is 42.9 Å². The molecule has 16 heavy (non-hydrogen) atoms. The SMILES string of the molecule is O=S(=O)(O)n1cncc1Sc1ccccc1. The lowest BCUT2D eigenvalue weighted by Crippen LogP contribution is -2.10. The highest BCUT2D eigenvalue weighted by molar-refractivity contribution is 7.99. The standard InChI is InChI=1S/C9H8N2O3S2/c12-16(13,14)11-7-10-6-9(11)15-8-4-2-1-3-5-8/h1-7H,(H,12,13,14). The first-order chi connectivity index (χ1) is 7.57. The van der Waals surface area contributed by atoms with Gasteiger partial charge in [0.25, 0.3) is 0 Å². The normalized spacial score (nSPS) is 11.6. The van der Waals surface area contributed by atoms with Crippen LogP contribution < -0.4 is 0 Å². The summed E-state index contributed by atoms with van der Waals surface area (Å²) in [5, 5.41) is 0.341. The first kappa shape index (κ1) is 11.2. The summed E-state index contributed by atoms with van der Waals surface area (Å²) in [5.41, 5.74) is 0. The van der Waals surface area contributed by atoms with Crippen LogP contribution in [0.4, 0.5) is 0 Å². The molecule has 1 aromatic carbocycles. The van der Waals surface area contributed by atoms with E-state index in [0.29, 0.717) is 5.03 Å². The molecule has 2 aromatic rings. The summed E-state index contributed by atoms with van der Waals surface area (Å²) in [6.45, 7) is 0. The van der Waals surface area contributed by atoms with Crippen molar-refractivity contribution in [2.45, 2.75) is 9.92 Å². The molecule has 1 aromatic heterocycles. The number of hydrogen-bond donors (Lipinski definition) is 1. The molecule has 0 radical (unpaired) electrons. The largest absolute Gasteiger partial charge is 0.365 e. The van der Waals surface area contributed by atoms with E-state index >= 15 is 0 Å². The van der Waals surface area contributed by atoms with E-state index < -0.39 is 10.3 Å². The minimum atomic E-state index is -4.28. The van der Waals surface area contributed by atoms with Gasteiger partial charge in [0, 0.05) is 4.90 Å². The summed E-state index contributed by atoms with van der Waals surface area (Å²) in [6.07, 6.45) is 2.44. The second kappa shape index (κ2) is 4.28. The second-order valence-electron chi connectivity index (χ2n) is 2.92. The lowest BCUT2D eigenvalue weighted by molar-refractivity contribution is 0.468. The summed E-state index contributed by atoms with van der Waals surface area (Å²) in [4.78, 5) is 4.56. The van der Waals surface area contributed by atoms with Gasteiger partial charge in [-0.25, -0.2) is 4.98 Å². The predicted molar refractivity (Wildman–Crippen MR) is 59.7 cm³/mol. The van der Waals surface area contributed by atoms with Crippen LogP contribution >= 0.6 is 11.8 Å². The molecule has 0 spiro atoms. The maximum absolute atomic E-state index is 11.0. The molecule has 5 nitrogen and oxygen atoms in total. The molecular formula is C9H8N2O3S2. The predicted octanol–water partition coefficient (Wildman–Crippen LogP) is 1.69. The Kier molecular flexibility index (Phi) is 2.99. The Morgan fingerprint density at radius 3 is 2.56 bits per heavy atom. The van der Waals surface area contributed by atoms with Crippen molar-refractivity contribution in [3.8, 4) is 0 Å². The Balaban J connectivity index is 2.34. The van der Waals surface area contributed by atoms with E-state index in [0.717, 1.165) is 15.2 Å². The quantitative estimate of drug-likeness (QED) is 0.846. The van der Waals surface area contributed by atoms with E-state index in [1.807, 2.05) is 30.3 Å². The Morgan fingerprint density at radius 1 is 1.25 bits per heavy atom. The molecule has 0 aliphatic heterocycles. The second-order valence-corrected chi connectivity index (χ2v) is 5.30. The van der Waals surface area contributed by atoms with Crippen LogP contribution in [0.25, 0.3) is 0 Å². The van der Waals surface area contributed by atoms with Crippen LogP contribution in [0, 0.1) is 0 Å². The van der Waals surface area contributed by atoms with Crippen molar-refractivity contribution in [3.63, 3.8) is 0 Å². The highest BCUT2D eigenvalue weighted by Crippen LogP contribution is 2.27. The summed E-state index contributed by atoms with van der Waals surface area (Å²) < 4.78 is 31.6. The fourth-order valence-corrected chi connectivity index (χ4v) is 2.75. The van der Waals surface area contributed by atoms with Gasteiger partial charge in [-0.1, -0.05) is 30.0 Å². The molecule has 7 heteroatoms. The summed E-state index contributed by atoms with van der Waals surface area (Å²) >= 11 is 1.21. The summed E-state index contributed by atoms with van der Waals surface area (Å²) in [7, 11) is -4.28. The van der Waals surface area contributed by atoms with E-state index in [4.69, 9.17) is 4.55 Å². The van der Waals surface area contributed by atoms with Gasteiger partial charge >= 0.3 is 10.3 Å². The van der Waals surface area contributed by atoms with Crippen LogP contribution in [-0.4, -0.2) is 21.9 Å². The molecule has 0 saturated carbocycles. The van der Waals surface area contributed by atoms with E-state index in [9.17, 15) is 8.42 Å². The van der Waals surface area contributed by atoms with Crippen LogP contribution in [-0.2, 0) is 10.3 Å². The zero-order valence-corrected chi connectivity index (χ0v) is 9.65. The molecule has 0 amide bonds. The van der Waals surface area contributed by atoms with Crippen LogP contribution in [0.3, 0.4) is 0 Å². The number of aromatic nitrogens is 2. The average Bonchev–Trinajstić information content (AvgIpc) is 2.67. The molecule has 0 bridgehead atoms. The van der Waals surface area contributed by atoms with E-state index in [1.165, 1.54) is 18.0 Å². The van der Waals surface area contributed by atoms with E-state index in [-0.39, 0.29) is 0 Å². The maximum atomic E-state index is 11.0. The molecule has 0 atom stereocenters. The van der Waals surface area contributed by atoms with Crippen molar-refractivity contribution < 1.29 is 13.0 Å². The monoisotopic (exact) mass is 256 g/mol. The summed E-state index contributed by atoms with van der Waals surface area (Å²) in [5.74, 6) is 0. The minimum absolute atomic E-state index is 0.341. The number of benzene rings is 1. The zero-order chi connectivity index (χ0) is 11.6. The molecule has 0 fully saturated rings. The number of imidazole rings is 1. The molecule has 0 aliphatic rings. The molecule has 0 saturated heterocycles. The molecular weight excluding hydrogens is 248 g/mol. The van der Waals surface area contributed by atoms with E-state index in [2.05, 4.69) is 4.98 Å². The average molecular weight is 256 g/mol. The maximum Gasteiger partial charge on any atom is 0.365 e. The topological polar surface area (TPSA) is 72.2 Å². The highest BCUT2D eigenvalue weighted by atomic mass is 32.2. The molecule has 84 valence electrons. The van der Waals surface area contributed by atoms with Crippen molar-refractivity contribution >= 4 is 22.1 Å². The molecule has 0 unspecified atom stereocenters. The molecule has 2 rings (SSSR count). The first-order valence-corrected chi connectivity index (χ1v) is 6.52. The zero-order valence-electron chi connectivity index (χ0n) is 8.02. The molecule has 1 heterocycles. The number of hydrogen-bond acceptors (Lipinski definition) is 4. The van der Waals surface area contributed by atoms with Gasteiger partial charge in [0.2, 0.25) is 0 Å². The number of rotatable bonds is 3. The number of nitrogens with zero attached hydrogens (tertiary/aromatic N) is 2. The van der Waals surface area contributed by atoms with Crippen molar-refractivity contribution in [1.29, 1.82) is 0 Å². The van der Waals surface area contributed by atoms with Crippen LogP contribution in [0.15, 0.2) is 52.8 Å². The Hall–Kier alpha value is -1.31. The van der Waals surface area contributed by atoms with Crippen molar-refractivity contribution in [1.82, 2.24) is 8.96 Å². The van der Waals surface area contributed by atoms with Crippen molar-refractivity contribution in [2.75, 3.05) is 0 Å². The van der Waals surface area contributed by atoms with Gasteiger partial charge in [-0.3, -0.25) is 4.55 Å². The highest BCUT2D eigenvalue weighted by Gasteiger charge is 2.13. The van der Waals surface area contributed by atoms with Crippen LogP contribution in [0.1, 0.15) is 0 Å². The Morgan fingerprint density at radius 2 is 1.94 bits per heavy atom. The molecule has 1 N–H and O–H groups in total. The van der Waals surface area contributed by atoms with Crippen molar-refractivity contribution in [2.24, 2.45) is 0 Å². The van der Waals surface area contributed by atoms with Gasteiger partial charge in [0.05, 0.1) is 6.20 Å². The Labute approximate surface area is 97.0 Å². The third-order valence-electron chi connectivity index (χ3n) is 1.79. The first-order valence-electron chi connectivity index (χ1n) is 4.30. The van der Waals surface area contributed by atoms with Crippen LogP contribution in [0.5, 0.6) is 0 Å². The third-order valence-corrected chi connectivity index (χ3v) is 3.71. The van der Waals surface area contributed by atoms with Gasteiger partial charge in [-0.15, -0.1) is 0 Å². The van der Waals surface area contributed by atoms with Gasteiger partial charge in [-0.2, -0.15) is 12.4 Å². The van der Waals surface area contributed by atoms with E-state index in [1.54, 1.807) is 0 Å². The minimum Gasteiger partial charge on any atom is -0.269 e. The van der Waals surface area contributed by atoms with Gasteiger partial charge in [-0.05, 0) is 12.1 Å². The smallest absolute Gasteiger partial charge is 0.269 e. The lowest BCUT2D eigenvalue weighted by Gasteiger charge is -2.03. The van der Waals surface area contributed by atoms with Gasteiger partial charge in [0.15, 0.2) is 0 Å². The third kappa shape index (κ3) is 2.43.